The van der Waals surface area contributed by atoms with Crippen LogP contribution >= 0.6 is 0 Å². The minimum Gasteiger partial charge on any atom is -0.481 e. The fourth-order valence-electron chi connectivity index (χ4n) is 2.02. The van der Waals surface area contributed by atoms with Crippen LogP contribution in [0, 0.1) is 11.3 Å². The molecule has 0 aromatic carbocycles. The average Bonchev–Trinajstić information content (AvgIpc) is 2.18. The molecule has 1 rings (SSSR count). The van der Waals surface area contributed by atoms with Crippen LogP contribution in [0.2, 0.25) is 0 Å². The van der Waals surface area contributed by atoms with Gasteiger partial charge in [0, 0.05) is 19.0 Å². The molecule has 0 spiro atoms. The van der Waals surface area contributed by atoms with Gasteiger partial charge in [0.25, 0.3) is 0 Å². The summed E-state index contributed by atoms with van der Waals surface area (Å²) in [6.07, 6.45) is 0.909. The van der Waals surface area contributed by atoms with Crippen molar-refractivity contribution in [2.75, 3.05) is 6.54 Å². The summed E-state index contributed by atoms with van der Waals surface area (Å²) in [6, 6.07) is -0.181. The Hall–Kier alpha value is -1.59. The van der Waals surface area contributed by atoms with Gasteiger partial charge in [0.15, 0.2) is 0 Å². The maximum absolute atomic E-state index is 12.0. The summed E-state index contributed by atoms with van der Waals surface area (Å²) in [4.78, 5) is 34.1. The maximum Gasteiger partial charge on any atom is 0.316 e. The van der Waals surface area contributed by atoms with E-state index in [9.17, 15) is 14.4 Å². The van der Waals surface area contributed by atoms with Crippen LogP contribution in [0.15, 0.2) is 0 Å². The lowest BCUT2D eigenvalue weighted by atomic mass is 9.80. The van der Waals surface area contributed by atoms with E-state index in [2.05, 4.69) is 10.6 Å². The van der Waals surface area contributed by atoms with E-state index >= 15 is 0 Å². The lowest BCUT2D eigenvalue weighted by Gasteiger charge is -2.29. The molecular weight excluding hydrogens is 236 g/mol. The molecule has 0 aromatic rings. The van der Waals surface area contributed by atoms with Crippen LogP contribution in [-0.2, 0) is 14.4 Å². The summed E-state index contributed by atoms with van der Waals surface area (Å²) >= 11 is 0. The predicted molar refractivity (Wildman–Crippen MR) is 64.8 cm³/mol. The van der Waals surface area contributed by atoms with E-state index in [1.807, 2.05) is 0 Å². The van der Waals surface area contributed by atoms with Crippen molar-refractivity contribution < 1.29 is 19.5 Å². The molecule has 0 aliphatic carbocycles. The first-order valence-corrected chi connectivity index (χ1v) is 6.01. The molecule has 1 saturated heterocycles. The van der Waals surface area contributed by atoms with Crippen molar-refractivity contribution in [3.05, 3.63) is 0 Å². The van der Waals surface area contributed by atoms with Gasteiger partial charge in [0.05, 0.1) is 0 Å². The number of carboxylic acids is 1. The number of carbonyl (C=O) groups excluding carboxylic acids is 2. The molecule has 6 nitrogen and oxygen atoms in total. The molecule has 3 N–H and O–H groups in total. The van der Waals surface area contributed by atoms with Gasteiger partial charge in [0.2, 0.25) is 11.8 Å². The Kier molecular flexibility index (Phi) is 4.32. The second-order valence-corrected chi connectivity index (χ2v) is 5.69. The number of carboxylic acid groups (broad SMARTS) is 1. The molecule has 0 bridgehead atoms. The number of piperidine rings is 1. The number of aliphatic carboxylic acids is 1. The van der Waals surface area contributed by atoms with Crippen molar-refractivity contribution in [3.8, 4) is 0 Å². The highest BCUT2D eigenvalue weighted by Gasteiger charge is 2.38. The van der Waals surface area contributed by atoms with Crippen molar-refractivity contribution in [1.82, 2.24) is 10.6 Å². The van der Waals surface area contributed by atoms with Gasteiger partial charge in [-0.15, -0.1) is 0 Å². The zero-order chi connectivity index (χ0) is 13.9. The van der Waals surface area contributed by atoms with Gasteiger partial charge in [-0.25, -0.2) is 0 Å². The van der Waals surface area contributed by atoms with Gasteiger partial charge in [-0.3, -0.25) is 14.4 Å². The molecule has 6 heteroatoms. The van der Waals surface area contributed by atoms with Crippen molar-refractivity contribution in [2.45, 2.75) is 39.7 Å². The number of amides is 2. The van der Waals surface area contributed by atoms with Gasteiger partial charge >= 0.3 is 5.97 Å². The molecule has 2 unspecified atom stereocenters. The molecule has 1 aliphatic rings. The fourth-order valence-corrected chi connectivity index (χ4v) is 2.02. The third-order valence-corrected chi connectivity index (χ3v) is 2.99. The fraction of sp³-hybridized carbons (Fsp3) is 0.750. The van der Waals surface area contributed by atoms with E-state index in [0.29, 0.717) is 19.4 Å². The number of hydrogen-bond donors (Lipinski definition) is 3. The van der Waals surface area contributed by atoms with Gasteiger partial charge < -0.3 is 15.7 Å². The van der Waals surface area contributed by atoms with Crippen LogP contribution in [-0.4, -0.2) is 35.5 Å². The van der Waals surface area contributed by atoms with Crippen molar-refractivity contribution in [2.24, 2.45) is 11.3 Å². The predicted octanol–water partition coefficient (Wildman–Crippen LogP) is 0.128. The van der Waals surface area contributed by atoms with E-state index in [0.717, 1.165) is 0 Å². The highest BCUT2D eigenvalue weighted by atomic mass is 16.4. The Balaban J connectivity index is 2.63. The zero-order valence-corrected chi connectivity index (χ0v) is 10.9. The van der Waals surface area contributed by atoms with Gasteiger partial charge in [-0.1, -0.05) is 20.8 Å². The standard InChI is InChI=1S/C12H20N2O4/c1-12(2,3)9(11(17)18)10(16)14-7-4-5-8(15)13-6-7/h7,9H,4-6H2,1-3H3,(H,13,15)(H,14,16)(H,17,18). The number of carbonyl (C=O) groups is 3. The smallest absolute Gasteiger partial charge is 0.316 e. The topological polar surface area (TPSA) is 95.5 Å². The van der Waals surface area contributed by atoms with E-state index in [1.165, 1.54) is 0 Å². The Labute approximate surface area is 106 Å². The molecule has 1 aliphatic heterocycles. The minimum absolute atomic E-state index is 0.0360. The Morgan fingerprint density at radius 3 is 2.44 bits per heavy atom. The quantitative estimate of drug-likeness (QED) is 0.625. The van der Waals surface area contributed by atoms with Crippen LogP contribution in [0.1, 0.15) is 33.6 Å². The van der Waals surface area contributed by atoms with Crippen molar-refractivity contribution in [1.29, 1.82) is 0 Å². The average molecular weight is 256 g/mol. The number of hydrogen-bond acceptors (Lipinski definition) is 3. The molecule has 18 heavy (non-hydrogen) atoms. The first kappa shape index (κ1) is 14.5. The molecule has 2 atom stereocenters. The molecule has 1 heterocycles. The largest absolute Gasteiger partial charge is 0.481 e. The Bertz CT molecular complexity index is 350. The number of nitrogens with one attached hydrogen (secondary N) is 2. The monoisotopic (exact) mass is 256 g/mol. The molecule has 1 fully saturated rings. The van der Waals surface area contributed by atoms with Crippen molar-refractivity contribution in [3.63, 3.8) is 0 Å². The molecular formula is C12H20N2O4. The van der Waals surface area contributed by atoms with E-state index < -0.39 is 23.2 Å². The zero-order valence-electron chi connectivity index (χ0n) is 10.9. The third kappa shape index (κ3) is 3.72. The summed E-state index contributed by atoms with van der Waals surface area (Å²) in [5.41, 5.74) is -0.645. The SMILES string of the molecule is CC(C)(C)C(C(=O)O)C(=O)NC1CCC(=O)NC1. The van der Waals surface area contributed by atoms with Crippen LogP contribution in [0.3, 0.4) is 0 Å². The second-order valence-electron chi connectivity index (χ2n) is 5.69. The molecule has 2 amide bonds. The molecule has 0 radical (unpaired) electrons. The summed E-state index contributed by atoms with van der Waals surface area (Å²) in [5, 5.41) is 14.5. The summed E-state index contributed by atoms with van der Waals surface area (Å²) in [6.45, 7) is 5.51. The van der Waals surface area contributed by atoms with Crippen LogP contribution in [0.25, 0.3) is 0 Å². The maximum atomic E-state index is 12.0. The molecule has 0 aromatic heterocycles. The lowest BCUT2D eigenvalue weighted by Crippen LogP contribution is -2.52. The van der Waals surface area contributed by atoms with Crippen molar-refractivity contribution >= 4 is 17.8 Å². The van der Waals surface area contributed by atoms with Gasteiger partial charge in [-0.05, 0) is 11.8 Å². The van der Waals surface area contributed by atoms with Crippen LogP contribution in [0.5, 0.6) is 0 Å². The van der Waals surface area contributed by atoms with E-state index in [4.69, 9.17) is 5.11 Å². The molecule has 102 valence electrons. The highest BCUT2D eigenvalue weighted by molar-refractivity contribution is 5.98. The van der Waals surface area contributed by atoms with Crippen LogP contribution in [0.4, 0.5) is 0 Å². The Morgan fingerprint density at radius 1 is 1.44 bits per heavy atom. The first-order chi connectivity index (χ1) is 8.21. The summed E-state index contributed by atoms with van der Waals surface area (Å²) in [5.74, 6) is -2.74. The van der Waals surface area contributed by atoms with E-state index in [-0.39, 0.29) is 11.9 Å². The first-order valence-electron chi connectivity index (χ1n) is 6.01. The number of rotatable bonds is 3. The Morgan fingerprint density at radius 2 is 2.06 bits per heavy atom. The van der Waals surface area contributed by atoms with E-state index in [1.54, 1.807) is 20.8 Å². The van der Waals surface area contributed by atoms with Crippen LogP contribution < -0.4 is 10.6 Å². The minimum atomic E-state index is -1.13. The normalized spacial score (nSPS) is 21.9. The summed E-state index contributed by atoms with van der Waals surface area (Å²) in [7, 11) is 0. The second kappa shape index (κ2) is 5.37. The van der Waals surface area contributed by atoms with Gasteiger partial charge in [-0.2, -0.15) is 0 Å². The lowest BCUT2D eigenvalue weighted by molar-refractivity contribution is -0.152. The molecule has 0 saturated carbocycles. The highest BCUT2D eigenvalue weighted by Crippen LogP contribution is 2.26. The third-order valence-electron chi connectivity index (χ3n) is 2.99. The van der Waals surface area contributed by atoms with Gasteiger partial charge in [0.1, 0.15) is 5.92 Å². The summed E-state index contributed by atoms with van der Waals surface area (Å²) < 4.78 is 0.